The van der Waals surface area contributed by atoms with Gasteiger partial charge < -0.3 is 14.5 Å². The van der Waals surface area contributed by atoms with Crippen LogP contribution in [0.3, 0.4) is 0 Å². The van der Waals surface area contributed by atoms with Crippen molar-refractivity contribution < 1.29 is 35.5 Å². The molecule has 13 heteroatoms. The lowest BCUT2D eigenvalue weighted by atomic mass is 10.1. The van der Waals surface area contributed by atoms with Gasteiger partial charge in [-0.1, -0.05) is 17.7 Å². The van der Waals surface area contributed by atoms with Crippen molar-refractivity contribution in [2.45, 2.75) is 11.1 Å². The highest BCUT2D eigenvalue weighted by atomic mass is 35.5. The smallest absolute Gasteiger partial charge is 0.416 e. The van der Waals surface area contributed by atoms with Crippen LogP contribution in [-0.2, 0) is 21.0 Å². The maximum Gasteiger partial charge on any atom is 0.416 e. The van der Waals surface area contributed by atoms with Crippen LogP contribution in [0.15, 0.2) is 71.6 Å². The number of hydrogen-bond donors (Lipinski definition) is 1. The Kier molecular flexibility index (Phi) is 8.02. The van der Waals surface area contributed by atoms with E-state index in [4.69, 9.17) is 16.3 Å². The molecule has 0 radical (unpaired) electrons. The molecule has 3 aromatic carbocycles. The second kappa shape index (κ2) is 11.1. The molecule has 0 aromatic heterocycles. The standard InChI is InChI=1S/C25H22ClF4N3O4S/c26-22-15-21(38(35,36)31-19-6-4-18(27)5-7-19)8-9-23(22)37-16-24(34)33-12-10-32(11-13-33)20-3-1-2-17(14-20)25(28,29)30/h1-9,14-15,31H,10-13,16H2. The Morgan fingerprint density at radius 2 is 1.66 bits per heavy atom. The second-order valence-corrected chi connectivity index (χ2v) is 10.5. The summed E-state index contributed by atoms with van der Waals surface area (Å²) in [5.74, 6) is -0.757. The van der Waals surface area contributed by atoms with E-state index in [1.165, 1.54) is 41.3 Å². The van der Waals surface area contributed by atoms with E-state index in [2.05, 4.69) is 4.72 Å². The van der Waals surface area contributed by atoms with E-state index in [-0.39, 0.29) is 33.9 Å². The van der Waals surface area contributed by atoms with Crippen LogP contribution in [0.4, 0.5) is 28.9 Å². The normalized spacial score (nSPS) is 14.3. The Balaban J connectivity index is 1.31. The number of alkyl halides is 3. The number of halogens is 5. The van der Waals surface area contributed by atoms with Gasteiger partial charge in [-0.3, -0.25) is 9.52 Å². The highest BCUT2D eigenvalue weighted by molar-refractivity contribution is 7.92. The van der Waals surface area contributed by atoms with Crippen molar-refractivity contribution in [1.82, 2.24) is 4.90 Å². The average Bonchev–Trinajstić information content (AvgIpc) is 2.88. The van der Waals surface area contributed by atoms with Crippen LogP contribution in [0, 0.1) is 5.82 Å². The highest BCUT2D eigenvalue weighted by Crippen LogP contribution is 2.32. The molecular formula is C25H22ClF4N3O4S. The van der Waals surface area contributed by atoms with E-state index in [9.17, 15) is 30.8 Å². The molecule has 1 aliphatic heterocycles. The Morgan fingerprint density at radius 3 is 2.29 bits per heavy atom. The van der Waals surface area contributed by atoms with Gasteiger partial charge in [0.1, 0.15) is 11.6 Å². The third kappa shape index (κ3) is 6.67. The third-order valence-electron chi connectivity index (χ3n) is 5.83. The number of nitrogens with zero attached hydrogens (tertiary/aromatic N) is 2. The second-order valence-electron chi connectivity index (χ2n) is 8.41. The van der Waals surface area contributed by atoms with Gasteiger partial charge in [-0.05, 0) is 60.7 Å². The number of carbonyl (C=O) groups is 1. The lowest BCUT2D eigenvalue weighted by Gasteiger charge is -2.36. The number of piperazine rings is 1. The van der Waals surface area contributed by atoms with Crippen LogP contribution < -0.4 is 14.4 Å². The summed E-state index contributed by atoms with van der Waals surface area (Å²) >= 11 is 6.18. The van der Waals surface area contributed by atoms with Gasteiger partial charge in [0.15, 0.2) is 6.61 Å². The van der Waals surface area contributed by atoms with E-state index in [0.29, 0.717) is 31.9 Å². The zero-order valence-electron chi connectivity index (χ0n) is 19.7. The fourth-order valence-electron chi connectivity index (χ4n) is 3.82. The Hall–Kier alpha value is -3.51. The third-order valence-corrected chi connectivity index (χ3v) is 7.51. The fraction of sp³-hybridized carbons (Fsp3) is 0.240. The first-order valence-electron chi connectivity index (χ1n) is 11.3. The van der Waals surface area contributed by atoms with Crippen LogP contribution in [0.25, 0.3) is 0 Å². The number of sulfonamides is 1. The van der Waals surface area contributed by atoms with Crippen LogP contribution >= 0.6 is 11.6 Å². The Labute approximate surface area is 221 Å². The highest BCUT2D eigenvalue weighted by Gasteiger charge is 2.31. The molecule has 3 aromatic rings. The molecule has 0 spiro atoms. The molecule has 1 fully saturated rings. The van der Waals surface area contributed by atoms with Gasteiger partial charge in [0.25, 0.3) is 15.9 Å². The monoisotopic (exact) mass is 571 g/mol. The molecule has 4 rings (SSSR count). The van der Waals surface area contributed by atoms with E-state index < -0.39 is 27.6 Å². The largest absolute Gasteiger partial charge is 0.482 e. The number of rotatable bonds is 7. The minimum Gasteiger partial charge on any atom is -0.482 e. The molecule has 0 saturated carbocycles. The molecule has 202 valence electrons. The predicted molar refractivity (Wildman–Crippen MR) is 134 cm³/mol. The lowest BCUT2D eigenvalue weighted by Crippen LogP contribution is -2.50. The van der Waals surface area contributed by atoms with Crippen LogP contribution in [0.5, 0.6) is 5.75 Å². The fourth-order valence-corrected chi connectivity index (χ4v) is 5.21. The summed E-state index contributed by atoms with van der Waals surface area (Å²) in [6, 6.07) is 13.6. The number of anilines is 2. The molecule has 0 bridgehead atoms. The quantitative estimate of drug-likeness (QED) is 0.403. The summed E-state index contributed by atoms with van der Waals surface area (Å²) in [5.41, 5.74) is -0.135. The predicted octanol–water partition coefficient (Wildman–Crippen LogP) is 5.03. The molecule has 1 amide bonds. The van der Waals surface area contributed by atoms with Crippen LogP contribution in [0.1, 0.15) is 5.56 Å². The summed E-state index contributed by atoms with van der Waals surface area (Å²) in [5, 5.41) is -0.0332. The molecule has 1 heterocycles. The van der Waals surface area contributed by atoms with Crippen molar-refractivity contribution in [2.75, 3.05) is 42.4 Å². The van der Waals surface area contributed by atoms with Gasteiger partial charge in [0, 0.05) is 37.6 Å². The first kappa shape index (κ1) is 27.5. The van der Waals surface area contributed by atoms with Gasteiger partial charge in [-0.2, -0.15) is 13.2 Å². The molecule has 1 N–H and O–H groups in total. The lowest BCUT2D eigenvalue weighted by molar-refractivity contribution is -0.137. The minimum atomic E-state index is -4.44. The number of amides is 1. The van der Waals surface area contributed by atoms with Crippen molar-refractivity contribution in [3.63, 3.8) is 0 Å². The van der Waals surface area contributed by atoms with E-state index in [0.717, 1.165) is 24.3 Å². The molecule has 1 aliphatic rings. The molecule has 38 heavy (non-hydrogen) atoms. The zero-order valence-corrected chi connectivity index (χ0v) is 21.3. The first-order chi connectivity index (χ1) is 17.9. The maximum absolute atomic E-state index is 13.1. The summed E-state index contributed by atoms with van der Waals surface area (Å²) < 4.78 is 85.0. The molecule has 0 unspecified atom stereocenters. The van der Waals surface area contributed by atoms with Crippen molar-refractivity contribution >= 4 is 38.9 Å². The number of carbonyl (C=O) groups excluding carboxylic acids is 1. The van der Waals surface area contributed by atoms with Crippen molar-refractivity contribution in [3.05, 3.63) is 83.1 Å². The van der Waals surface area contributed by atoms with E-state index >= 15 is 0 Å². The average molecular weight is 572 g/mol. The van der Waals surface area contributed by atoms with Crippen molar-refractivity contribution in [2.24, 2.45) is 0 Å². The van der Waals surface area contributed by atoms with Gasteiger partial charge >= 0.3 is 6.18 Å². The maximum atomic E-state index is 13.1. The molecule has 1 saturated heterocycles. The Morgan fingerprint density at radius 1 is 0.974 bits per heavy atom. The number of ether oxygens (including phenoxy) is 1. The molecule has 0 atom stereocenters. The number of benzene rings is 3. The van der Waals surface area contributed by atoms with E-state index in [1.54, 1.807) is 11.0 Å². The topological polar surface area (TPSA) is 78.9 Å². The van der Waals surface area contributed by atoms with Gasteiger partial charge in [-0.15, -0.1) is 0 Å². The van der Waals surface area contributed by atoms with Gasteiger partial charge in [-0.25, -0.2) is 12.8 Å². The van der Waals surface area contributed by atoms with Crippen LogP contribution in [0.2, 0.25) is 5.02 Å². The summed E-state index contributed by atoms with van der Waals surface area (Å²) in [4.78, 5) is 15.8. The summed E-state index contributed by atoms with van der Waals surface area (Å²) in [6.07, 6.45) is -4.44. The SMILES string of the molecule is O=C(COc1ccc(S(=O)(=O)Nc2ccc(F)cc2)cc1Cl)N1CCN(c2cccc(C(F)(F)F)c2)CC1. The van der Waals surface area contributed by atoms with Crippen molar-refractivity contribution in [1.29, 1.82) is 0 Å². The summed E-state index contributed by atoms with van der Waals surface area (Å²) in [7, 11) is -4.01. The number of nitrogens with one attached hydrogen (secondary N) is 1. The molecule has 0 aliphatic carbocycles. The first-order valence-corrected chi connectivity index (χ1v) is 13.2. The zero-order chi connectivity index (χ0) is 27.5. The molecule has 7 nitrogen and oxygen atoms in total. The Bertz CT molecular complexity index is 1410. The summed E-state index contributed by atoms with van der Waals surface area (Å²) in [6.45, 7) is 0.920. The van der Waals surface area contributed by atoms with Crippen LogP contribution in [-0.4, -0.2) is 52.0 Å². The van der Waals surface area contributed by atoms with Gasteiger partial charge in [0.05, 0.1) is 15.5 Å². The van der Waals surface area contributed by atoms with Gasteiger partial charge in [0.2, 0.25) is 0 Å². The minimum absolute atomic E-state index is 0.0332. The molecular weight excluding hydrogens is 550 g/mol. The van der Waals surface area contributed by atoms with Crippen molar-refractivity contribution in [3.8, 4) is 5.75 Å². The van der Waals surface area contributed by atoms with E-state index in [1.807, 2.05) is 0 Å². The number of hydrogen-bond acceptors (Lipinski definition) is 5.